The second-order valence-electron chi connectivity index (χ2n) is 7.74. The van der Waals surface area contributed by atoms with E-state index in [0.29, 0.717) is 18.0 Å². The van der Waals surface area contributed by atoms with Gasteiger partial charge in [-0.3, -0.25) is 9.48 Å². The number of aromatic nitrogens is 3. The van der Waals surface area contributed by atoms with Crippen molar-refractivity contribution in [1.29, 1.82) is 0 Å². The van der Waals surface area contributed by atoms with Gasteiger partial charge >= 0.3 is 0 Å². The van der Waals surface area contributed by atoms with Crippen molar-refractivity contribution in [3.05, 3.63) is 71.5 Å². The SMILES string of the molecule is Cn1ncc2c(C(=O)NC(CN)c3ccc4ccccc4c3)cc(C3CC3)nc21. The number of amides is 1. The number of fused-ring (bicyclic) bond motifs is 2. The number of pyridine rings is 1. The van der Waals surface area contributed by atoms with E-state index in [2.05, 4.69) is 34.7 Å². The van der Waals surface area contributed by atoms with Gasteiger partial charge in [-0.25, -0.2) is 4.98 Å². The molecular formula is C23H23N5O. The zero-order valence-electron chi connectivity index (χ0n) is 16.3. The molecule has 0 aliphatic heterocycles. The van der Waals surface area contributed by atoms with Crippen LogP contribution in [0.4, 0.5) is 0 Å². The summed E-state index contributed by atoms with van der Waals surface area (Å²) in [6, 6.07) is 16.0. The molecule has 1 saturated carbocycles. The second-order valence-corrected chi connectivity index (χ2v) is 7.74. The van der Waals surface area contributed by atoms with E-state index in [4.69, 9.17) is 10.7 Å². The first-order chi connectivity index (χ1) is 14.1. The maximum absolute atomic E-state index is 13.2. The number of hydrogen-bond acceptors (Lipinski definition) is 4. The molecule has 0 spiro atoms. The average molecular weight is 385 g/mol. The maximum atomic E-state index is 13.2. The molecule has 6 nitrogen and oxygen atoms in total. The molecule has 0 saturated heterocycles. The summed E-state index contributed by atoms with van der Waals surface area (Å²) in [5.41, 5.74) is 9.37. The third kappa shape index (κ3) is 3.25. The normalized spacial score (nSPS) is 15.0. The van der Waals surface area contributed by atoms with Gasteiger partial charge < -0.3 is 11.1 Å². The highest BCUT2D eigenvalue weighted by Gasteiger charge is 2.28. The fourth-order valence-corrected chi connectivity index (χ4v) is 3.85. The Labute approximate surface area is 168 Å². The van der Waals surface area contributed by atoms with Gasteiger partial charge in [0, 0.05) is 25.2 Å². The van der Waals surface area contributed by atoms with Crippen molar-refractivity contribution in [2.24, 2.45) is 12.8 Å². The van der Waals surface area contributed by atoms with E-state index in [9.17, 15) is 4.79 Å². The van der Waals surface area contributed by atoms with Crippen LogP contribution in [0.2, 0.25) is 0 Å². The molecule has 6 heteroatoms. The second kappa shape index (κ2) is 6.97. The molecule has 1 fully saturated rings. The molecule has 0 bridgehead atoms. The summed E-state index contributed by atoms with van der Waals surface area (Å²) in [5.74, 6) is 0.308. The summed E-state index contributed by atoms with van der Waals surface area (Å²) in [4.78, 5) is 18.0. The van der Waals surface area contributed by atoms with Crippen LogP contribution in [0.1, 0.15) is 46.4 Å². The monoisotopic (exact) mass is 385 g/mol. The molecule has 2 heterocycles. The van der Waals surface area contributed by atoms with Crippen LogP contribution in [0.3, 0.4) is 0 Å². The topological polar surface area (TPSA) is 85.8 Å². The number of carbonyl (C=O) groups is 1. The summed E-state index contributed by atoms with van der Waals surface area (Å²) in [7, 11) is 1.85. The molecule has 146 valence electrons. The summed E-state index contributed by atoms with van der Waals surface area (Å²) in [6.07, 6.45) is 3.96. The molecule has 1 aliphatic rings. The van der Waals surface area contributed by atoms with Crippen LogP contribution in [0, 0.1) is 0 Å². The quantitative estimate of drug-likeness (QED) is 0.551. The summed E-state index contributed by atoms with van der Waals surface area (Å²) >= 11 is 0. The summed E-state index contributed by atoms with van der Waals surface area (Å²) in [6.45, 7) is 0.320. The lowest BCUT2D eigenvalue weighted by Crippen LogP contribution is -2.33. The summed E-state index contributed by atoms with van der Waals surface area (Å²) < 4.78 is 1.72. The van der Waals surface area contributed by atoms with Crippen molar-refractivity contribution in [3.63, 3.8) is 0 Å². The van der Waals surface area contributed by atoms with E-state index in [-0.39, 0.29) is 11.9 Å². The van der Waals surface area contributed by atoms with Crippen molar-refractivity contribution in [3.8, 4) is 0 Å². The maximum Gasteiger partial charge on any atom is 0.252 e. The Morgan fingerprint density at radius 3 is 2.76 bits per heavy atom. The van der Waals surface area contributed by atoms with Crippen molar-refractivity contribution in [2.75, 3.05) is 6.54 Å². The Kier molecular flexibility index (Phi) is 4.28. The molecular weight excluding hydrogens is 362 g/mol. The van der Waals surface area contributed by atoms with Gasteiger partial charge in [-0.1, -0.05) is 36.4 Å². The molecule has 1 atom stereocenters. The van der Waals surface area contributed by atoms with E-state index in [0.717, 1.165) is 40.5 Å². The standard InChI is InChI=1S/C23H23N5O/c1-28-22-19(13-25-28)18(11-20(26-22)15-7-8-15)23(29)27-21(12-24)17-9-6-14-4-2-3-5-16(14)10-17/h2-6,9-11,13,15,21H,7-8,12,24H2,1H3,(H,27,29). The van der Waals surface area contributed by atoms with E-state index in [1.54, 1.807) is 10.9 Å². The third-order valence-electron chi connectivity index (χ3n) is 5.68. The highest BCUT2D eigenvalue weighted by Crippen LogP contribution is 2.40. The molecule has 1 amide bonds. The van der Waals surface area contributed by atoms with Crippen molar-refractivity contribution in [2.45, 2.75) is 24.8 Å². The van der Waals surface area contributed by atoms with Crippen LogP contribution in [-0.4, -0.2) is 27.2 Å². The Balaban J connectivity index is 1.49. The fraction of sp³-hybridized carbons (Fsp3) is 0.261. The molecule has 0 radical (unpaired) electrons. The first kappa shape index (κ1) is 17.8. The van der Waals surface area contributed by atoms with Crippen LogP contribution >= 0.6 is 0 Å². The van der Waals surface area contributed by atoms with Crippen molar-refractivity contribution < 1.29 is 4.79 Å². The van der Waals surface area contributed by atoms with Crippen LogP contribution in [0.25, 0.3) is 21.8 Å². The lowest BCUT2D eigenvalue weighted by atomic mass is 10.0. The molecule has 1 unspecified atom stereocenters. The fourth-order valence-electron chi connectivity index (χ4n) is 3.85. The Bertz CT molecular complexity index is 1220. The molecule has 4 aromatic rings. The molecule has 2 aromatic carbocycles. The number of benzene rings is 2. The predicted octanol–water partition coefficient (Wildman–Crippen LogP) is 3.43. The van der Waals surface area contributed by atoms with Crippen LogP contribution < -0.4 is 11.1 Å². The van der Waals surface area contributed by atoms with Gasteiger partial charge in [-0.15, -0.1) is 0 Å². The number of nitrogens with zero attached hydrogens (tertiary/aromatic N) is 3. The minimum absolute atomic E-state index is 0.143. The number of carbonyl (C=O) groups excluding carboxylic acids is 1. The van der Waals surface area contributed by atoms with Gasteiger partial charge in [0.05, 0.1) is 23.2 Å². The number of nitrogens with two attached hydrogens (primary N) is 1. The van der Waals surface area contributed by atoms with Crippen LogP contribution in [0.15, 0.2) is 54.7 Å². The first-order valence-corrected chi connectivity index (χ1v) is 9.96. The largest absolute Gasteiger partial charge is 0.344 e. The third-order valence-corrected chi connectivity index (χ3v) is 5.68. The molecule has 5 rings (SSSR count). The minimum Gasteiger partial charge on any atom is -0.344 e. The molecule has 3 N–H and O–H groups in total. The Hall–Kier alpha value is -3.25. The van der Waals surface area contributed by atoms with Gasteiger partial charge in [-0.2, -0.15) is 5.10 Å². The number of hydrogen-bond donors (Lipinski definition) is 2. The highest BCUT2D eigenvalue weighted by molar-refractivity contribution is 6.05. The van der Waals surface area contributed by atoms with Gasteiger partial charge in [-0.05, 0) is 41.3 Å². The average Bonchev–Trinajstić information content (AvgIpc) is 3.54. The van der Waals surface area contributed by atoms with Gasteiger partial charge in [0.1, 0.15) is 0 Å². The van der Waals surface area contributed by atoms with E-state index in [1.165, 1.54) is 5.39 Å². The number of aryl methyl sites for hydroxylation is 1. The summed E-state index contributed by atoms with van der Waals surface area (Å²) in [5, 5.41) is 10.5. The minimum atomic E-state index is -0.267. The van der Waals surface area contributed by atoms with E-state index < -0.39 is 0 Å². The zero-order valence-corrected chi connectivity index (χ0v) is 16.3. The predicted molar refractivity (Wildman–Crippen MR) is 114 cm³/mol. The van der Waals surface area contributed by atoms with Gasteiger partial charge in [0.25, 0.3) is 5.91 Å². The molecule has 1 aliphatic carbocycles. The molecule has 2 aromatic heterocycles. The zero-order chi connectivity index (χ0) is 20.0. The first-order valence-electron chi connectivity index (χ1n) is 9.96. The Morgan fingerprint density at radius 2 is 2.00 bits per heavy atom. The highest BCUT2D eigenvalue weighted by atomic mass is 16.1. The van der Waals surface area contributed by atoms with Crippen molar-refractivity contribution in [1.82, 2.24) is 20.1 Å². The van der Waals surface area contributed by atoms with Gasteiger partial charge in [0.15, 0.2) is 5.65 Å². The lowest BCUT2D eigenvalue weighted by molar-refractivity contribution is 0.0939. The van der Waals surface area contributed by atoms with Crippen LogP contribution in [0.5, 0.6) is 0 Å². The smallest absolute Gasteiger partial charge is 0.252 e. The van der Waals surface area contributed by atoms with Crippen LogP contribution in [-0.2, 0) is 7.05 Å². The molecule has 29 heavy (non-hydrogen) atoms. The number of nitrogens with one attached hydrogen (secondary N) is 1. The Morgan fingerprint density at radius 1 is 1.21 bits per heavy atom. The van der Waals surface area contributed by atoms with E-state index >= 15 is 0 Å². The van der Waals surface area contributed by atoms with Gasteiger partial charge in [0.2, 0.25) is 0 Å². The number of rotatable bonds is 5. The van der Waals surface area contributed by atoms with E-state index in [1.807, 2.05) is 31.3 Å². The lowest BCUT2D eigenvalue weighted by Gasteiger charge is -2.18. The van der Waals surface area contributed by atoms with Crippen molar-refractivity contribution >= 4 is 27.7 Å².